The van der Waals surface area contributed by atoms with Gasteiger partial charge in [0.05, 0.1) is 18.2 Å². The van der Waals surface area contributed by atoms with E-state index >= 15 is 0 Å². The highest BCUT2D eigenvalue weighted by Crippen LogP contribution is 2.31. The van der Waals surface area contributed by atoms with Crippen LogP contribution in [0.3, 0.4) is 0 Å². The number of nitrogens with one attached hydrogen (secondary N) is 1. The van der Waals surface area contributed by atoms with Crippen LogP contribution in [0.2, 0.25) is 5.02 Å². The summed E-state index contributed by atoms with van der Waals surface area (Å²) < 4.78 is 17.9. The molecule has 4 heterocycles. The van der Waals surface area contributed by atoms with Crippen LogP contribution in [0.4, 0.5) is 10.2 Å². The second kappa shape index (κ2) is 8.47. The van der Waals surface area contributed by atoms with Gasteiger partial charge in [0.25, 0.3) is 0 Å². The maximum Gasteiger partial charge on any atom is 0.227 e. The SMILES string of the molecule is CC[C@H](NC(=O)C1CN(c2ncnn3cc(-c4cnn(C)c4)cc23)C1)c1ccc(Cl)cc1F. The number of hydrogen-bond acceptors (Lipinski definition) is 5. The van der Waals surface area contributed by atoms with Crippen LogP contribution in [0, 0.1) is 11.7 Å². The molecule has 1 aliphatic rings. The van der Waals surface area contributed by atoms with Crippen molar-refractivity contribution in [1.29, 1.82) is 0 Å². The molecule has 4 aromatic rings. The summed E-state index contributed by atoms with van der Waals surface area (Å²) in [6.07, 6.45) is 7.78. The van der Waals surface area contributed by atoms with Crippen molar-refractivity contribution in [1.82, 2.24) is 29.7 Å². The molecule has 0 radical (unpaired) electrons. The number of aryl methyl sites for hydroxylation is 1. The van der Waals surface area contributed by atoms with E-state index in [4.69, 9.17) is 11.6 Å². The Bertz CT molecular complexity index is 1330. The molecular weight excluding hydrogens is 445 g/mol. The number of carbonyl (C=O) groups is 1. The lowest BCUT2D eigenvalue weighted by molar-refractivity contribution is -0.126. The molecule has 33 heavy (non-hydrogen) atoms. The monoisotopic (exact) mass is 467 g/mol. The van der Waals surface area contributed by atoms with Gasteiger partial charge in [-0.2, -0.15) is 10.2 Å². The Labute approximate surface area is 195 Å². The van der Waals surface area contributed by atoms with Gasteiger partial charge in [0.2, 0.25) is 5.91 Å². The number of nitrogens with zero attached hydrogens (tertiary/aromatic N) is 6. The molecule has 0 spiro atoms. The molecule has 0 saturated carbocycles. The minimum absolute atomic E-state index is 0.0936. The third-order valence-electron chi connectivity index (χ3n) is 6.04. The van der Waals surface area contributed by atoms with E-state index in [2.05, 4.69) is 25.4 Å². The topological polar surface area (TPSA) is 80.3 Å². The van der Waals surface area contributed by atoms with Crippen LogP contribution in [0.15, 0.2) is 49.2 Å². The lowest BCUT2D eigenvalue weighted by Gasteiger charge is -2.39. The molecule has 8 nitrogen and oxygen atoms in total. The van der Waals surface area contributed by atoms with E-state index in [1.54, 1.807) is 27.5 Å². The zero-order chi connectivity index (χ0) is 23.1. The van der Waals surface area contributed by atoms with Gasteiger partial charge in [-0.15, -0.1) is 0 Å². The van der Waals surface area contributed by atoms with Gasteiger partial charge in [0.1, 0.15) is 17.7 Å². The van der Waals surface area contributed by atoms with E-state index in [9.17, 15) is 9.18 Å². The molecule has 5 rings (SSSR count). The molecule has 1 aromatic carbocycles. The Kier molecular flexibility index (Phi) is 5.49. The zero-order valence-corrected chi connectivity index (χ0v) is 19.0. The van der Waals surface area contributed by atoms with Crippen LogP contribution in [0.1, 0.15) is 24.9 Å². The van der Waals surface area contributed by atoms with Crippen LogP contribution < -0.4 is 10.2 Å². The number of hydrogen-bond donors (Lipinski definition) is 1. The number of anilines is 1. The highest BCUT2D eigenvalue weighted by atomic mass is 35.5. The maximum atomic E-state index is 14.3. The predicted molar refractivity (Wildman–Crippen MR) is 123 cm³/mol. The smallest absolute Gasteiger partial charge is 0.227 e. The summed E-state index contributed by atoms with van der Waals surface area (Å²) in [5.41, 5.74) is 3.30. The van der Waals surface area contributed by atoms with Crippen molar-refractivity contribution in [3.05, 3.63) is 65.6 Å². The van der Waals surface area contributed by atoms with Crippen LogP contribution in [0.5, 0.6) is 0 Å². The Morgan fingerprint density at radius 2 is 2.06 bits per heavy atom. The summed E-state index contributed by atoms with van der Waals surface area (Å²) in [5, 5.41) is 11.9. The molecule has 1 amide bonds. The summed E-state index contributed by atoms with van der Waals surface area (Å²) in [6.45, 7) is 2.98. The first-order valence-electron chi connectivity index (χ1n) is 10.8. The van der Waals surface area contributed by atoms with Crippen molar-refractivity contribution in [2.24, 2.45) is 13.0 Å². The molecule has 10 heteroatoms. The second-order valence-corrected chi connectivity index (χ2v) is 8.72. The lowest BCUT2D eigenvalue weighted by Crippen LogP contribution is -2.54. The Balaban J connectivity index is 1.29. The number of rotatable bonds is 6. The van der Waals surface area contributed by atoms with Gasteiger partial charge in [-0.05, 0) is 24.6 Å². The summed E-state index contributed by atoms with van der Waals surface area (Å²) in [6, 6.07) is 6.16. The molecule has 1 aliphatic heterocycles. The average molecular weight is 468 g/mol. The number of aromatic nitrogens is 5. The first-order valence-corrected chi connectivity index (χ1v) is 11.1. The predicted octanol–water partition coefficient (Wildman–Crippen LogP) is 3.63. The van der Waals surface area contributed by atoms with E-state index in [0.29, 0.717) is 30.1 Å². The van der Waals surface area contributed by atoms with Crippen molar-refractivity contribution in [3.8, 4) is 11.1 Å². The molecule has 0 bridgehead atoms. The van der Waals surface area contributed by atoms with Gasteiger partial charge in [-0.3, -0.25) is 9.48 Å². The molecule has 1 atom stereocenters. The van der Waals surface area contributed by atoms with Gasteiger partial charge in [-0.1, -0.05) is 24.6 Å². The molecule has 1 saturated heterocycles. The van der Waals surface area contributed by atoms with Crippen molar-refractivity contribution >= 4 is 28.8 Å². The van der Waals surface area contributed by atoms with E-state index in [1.807, 2.05) is 32.4 Å². The zero-order valence-electron chi connectivity index (χ0n) is 18.2. The summed E-state index contributed by atoms with van der Waals surface area (Å²) in [4.78, 5) is 19.4. The van der Waals surface area contributed by atoms with Crippen LogP contribution in [0.25, 0.3) is 16.6 Å². The van der Waals surface area contributed by atoms with Gasteiger partial charge in [-0.25, -0.2) is 13.9 Å². The van der Waals surface area contributed by atoms with Crippen LogP contribution in [-0.2, 0) is 11.8 Å². The van der Waals surface area contributed by atoms with Crippen molar-refractivity contribution < 1.29 is 9.18 Å². The van der Waals surface area contributed by atoms with E-state index < -0.39 is 11.9 Å². The van der Waals surface area contributed by atoms with Crippen molar-refractivity contribution in [3.63, 3.8) is 0 Å². The molecule has 1 fully saturated rings. The minimum Gasteiger partial charge on any atom is -0.353 e. The average Bonchev–Trinajstić information content (AvgIpc) is 3.38. The van der Waals surface area contributed by atoms with Crippen LogP contribution in [-0.4, -0.2) is 43.4 Å². The Morgan fingerprint density at radius 1 is 1.24 bits per heavy atom. The second-order valence-electron chi connectivity index (χ2n) is 8.28. The number of benzene rings is 1. The van der Waals surface area contributed by atoms with Gasteiger partial charge < -0.3 is 10.2 Å². The first-order chi connectivity index (χ1) is 15.9. The Hall–Kier alpha value is -3.46. The van der Waals surface area contributed by atoms with Crippen molar-refractivity contribution in [2.45, 2.75) is 19.4 Å². The summed E-state index contributed by atoms with van der Waals surface area (Å²) >= 11 is 5.86. The van der Waals surface area contributed by atoms with Gasteiger partial charge >= 0.3 is 0 Å². The fraction of sp³-hybridized carbons (Fsp3) is 0.304. The maximum absolute atomic E-state index is 14.3. The lowest BCUT2D eigenvalue weighted by atomic mass is 9.97. The highest BCUT2D eigenvalue weighted by molar-refractivity contribution is 6.30. The Morgan fingerprint density at radius 3 is 2.76 bits per heavy atom. The fourth-order valence-corrected chi connectivity index (χ4v) is 4.34. The van der Waals surface area contributed by atoms with Gasteiger partial charge in [0.15, 0.2) is 5.82 Å². The van der Waals surface area contributed by atoms with Gasteiger partial charge in [0, 0.05) is 54.2 Å². The molecule has 170 valence electrons. The molecular formula is C23H23ClFN7O. The quantitative estimate of drug-likeness (QED) is 0.468. The first kappa shape index (κ1) is 21.4. The number of carbonyl (C=O) groups excluding carboxylic acids is 1. The third-order valence-corrected chi connectivity index (χ3v) is 6.27. The molecule has 3 aromatic heterocycles. The number of fused-ring (bicyclic) bond motifs is 1. The standard InChI is InChI=1S/C23H23ClFN7O/c1-3-20(18-5-4-17(24)7-19(18)25)29-23(33)16-10-31(11-16)22-21-6-14(12-32(21)28-13-26-22)15-8-27-30(2)9-15/h4-9,12-13,16,20H,3,10-11H2,1-2H3,(H,29,33)/t20-/m0/s1. The van der Waals surface area contributed by atoms with Crippen LogP contribution >= 0.6 is 11.6 Å². The number of amides is 1. The van der Waals surface area contributed by atoms with Crippen molar-refractivity contribution in [2.75, 3.05) is 18.0 Å². The molecule has 0 unspecified atom stereocenters. The highest BCUT2D eigenvalue weighted by Gasteiger charge is 2.35. The fourth-order valence-electron chi connectivity index (χ4n) is 4.18. The van der Waals surface area contributed by atoms with E-state index in [0.717, 1.165) is 22.5 Å². The summed E-state index contributed by atoms with van der Waals surface area (Å²) in [7, 11) is 1.88. The molecule has 1 N–H and O–H groups in total. The van der Waals surface area contributed by atoms with E-state index in [-0.39, 0.29) is 11.8 Å². The minimum atomic E-state index is -0.411. The summed E-state index contributed by atoms with van der Waals surface area (Å²) in [5.74, 6) is 0.0760. The largest absolute Gasteiger partial charge is 0.353 e. The normalized spacial score (nSPS) is 15.0. The van der Waals surface area contributed by atoms with E-state index in [1.165, 1.54) is 12.4 Å². The third kappa shape index (κ3) is 4.04. The number of halogens is 2. The molecule has 0 aliphatic carbocycles.